The van der Waals surface area contributed by atoms with Crippen LogP contribution in [0.4, 0.5) is 10.1 Å². The molecule has 1 heterocycles. The standard InChI is InChI=1S/C13H20FN3O3S/c14-11-3-1-4-12(13(11)15)21(19,20)17-6-2-5-16(7-8-17)9-10-18/h1,3-4,18H,2,5-10,15H2. The summed E-state index contributed by atoms with van der Waals surface area (Å²) in [6.07, 6.45) is 0.661. The quantitative estimate of drug-likeness (QED) is 0.769. The Morgan fingerprint density at radius 2 is 2.00 bits per heavy atom. The first-order valence-corrected chi connectivity index (χ1v) is 8.28. The molecule has 3 N–H and O–H groups in total. The number of β-amino-alcohol motifs (C(OH)–C–C–N with tert-alkyl or cyclic N) is 1. The van der Waals surface area contributed by atoms with Gasteiger partial charge in [0, 0.05) is 26.2 Å². The number of aliphatic hydroxyl groups is 1. The number of hydrogen-bond acceptors (Lipinski definition) is 5. The number of halogens is 1. The van der Waals surface area contributed by atoms with E-state index in [9.17, 15) is 12.8 Å². The van der Waals surface area contributed by atoms with Gasteiger partial charge < -0.3 is 10.8 Å². The summed E-state index contributed by atoms with van der Waals surface area (Å²) in [4.78, 5) is 1.82. The van der Waals surface area contributed by atoms with E-state index in [4.69, 9.17) is 10.8 Å². The van der Waals surface area contributed by atoms with E-state index >= 15 is 0 Å². The van der Waals surface area contributed by atoms with Crippen LogP contribution in [0.15, 0.2) is 23.1 Å². The van der Waals surface area contributed by atoms with Crippen molar-refractivity contribution in [2.45, 2.75) is 11.3 Å². The van der Waals surface area contributed by atoms with Crippen LogP contribution in [0.25, 0.3) is 0 Å². The summed E-state index contributed by atoms with van der Waals surface area (Å²) in [5.41, 5.74) is 5.23. The van der Waals surface area contributed by atoms with Crippen molar-refractivity contribution in [3.05, 3.63) is 24.0 Å². The van der Waals surface area contributed by atoms with Crippen molar-refractivity contribution in [1.82, 2.24) is 9.21 Å². The lowest BCUT2D eigenvalue weighted by molar-refractivity contribution is 0.202. The Hall–Kier alpha value is -1.22. The molecule has 0 unspecified atom stereocenters. The second-order valence-electron chi connectivity index (χ2n) is 4.97. The molecule has 0 bridgehead atoms. The second kappa shape index (κ2) is 6.69. The van der Waals surface area contributed by atoms with E-state index in [1.54, 1.807) is 0 Å². The van der Waals surface area contributed by atoms with Crippen LogP contribution in [-0.2, 0) is 10.0 Å². The molecule has 1 aliphatic heterocycles. The summed E-state index contributed by atoms with van der Waals surface area (Å²) in [5.74, 6) is -0.729. The zero-order valence-corrected chi connectivity index (χ0v) is 12.5. The number of nitrogen functional groups attached to an aromatic ring is 1. The van der Waals surface area contributed by atoms with Crippen LogP contribution in [0.3, 0.4) is 0 Å². The number of hydrogen-bond donors (Lipinski definition) is 2. The fourth-order valence-electron chi connectivity index (χ4n) is 2.43. The topological polar surface area (TPSA) is 86.9 Å². The molecular weight excluding hydrogens is 297 g/mol. The third kappa shape index (κ3) is 3.52. The smallest absolute Gasteiger partial charge is 0.245 e. The van der Waals surface area contributed by atoms with Gasteiger partial charge in [-0.05, 0) is 25.1 Å². The molecule has 0 amide bonds. The van der Waals surface area contributed by atoms with E-state index in [2.05, 4.69) is 0 Å². The van der Waals surface area contributed by atoms with Gasteiger partial charge in [0.25, 0.3) is 0 Å². The van der Waals surface area contributed by atoms with Crippen LogP contribution >= 0.6 is 0 Å². The highest BCUT2D eigenvalue weighted by Gasteiger charge is 2.29. The van der Waals surface area contributed by atoms with E-state index < -0.39 is 15.8 Å². The van der Waals surface area contributed by atoms with Gasteiger partial charge in [-0.1, -0.05) is 6.07 Å². The fourth-order valence-corrected chi connectivity index (χ4v) is 4.03. The molecule has 0 aliphatic carbocycles. The molecule has 1 aliphatic rings. The van der Waals surface area contributed by atoms with Gasteiger partial charge in [0.05, 0.1) is 12.3 Å². The summed E-state index contributed by atoms with van der Waals surface area (Å²) in [6, 6.07) is 3.80. The predicted octanol–water partition coefficient (Wildman–Crippen LogP) is 0.0966. The molecule has 21 heavy (non-hydrogen) atoms. The molecular formula is C13H20FN3O3S. The molecule has 118 valence electrons. The number of nitrogens with two attached hydrogens (primary N) is 1. The minimum Gasteiger partial charge on any atom is -0.395 e. The largest absolute Gasteiger partial charge is 0.395 e. The fraction of sp³-hybridized carbons (Fsp3) is 0.538. The van der Waals surface area contributed by atoms with Gasteiger partial charge in [-0.25, -0.2) is 12.8 Å². The molecule has 0 aromatic heterocycles. The molecule has 1 aromatic carbocycles. The van der Waals surface area contributed by atoms with Gasteiger partial charge in [-0.2, -0.15) is 4.31 Å². The lowest BCUT2D eigenvalue weighted by Crippen LogP contribution is -2.36. The first kappa shape index (κ1) is 16.2. The number of para-hydroxylation sites is 1. The Labute approximate surface area is 124 Å². The maximum atomic E-state index is 13.5. The first-order chi connectivity index (χ1) is 9.96. The normalized spacial score (nSPS) is 18.6. The van der Waals surface area contributed by atoms with Gasteiger partial charge in [0.2, 0.25) is 10.0 Å². The van der Waals surface area contributed by atoms with Crippen LogP contribution in [0.2, 0.25) is 0 Å². The van der Waals surface area contributed by atoms with Crippen LogP contribution < -0.4 is 5.73 Å². The van der Waals surface area contributed by atoms with E-state index in [1.807, 2.05) is 4.90 Å². The van der Waals surface area contributed by atoms with E-state index in [0.29, 0.717) is 32.6 Å². The molecule has 0 spiro atoms. The van der Waals surface area contributed by atoms with Crippen molar-refractivity contribution in [1.29, 1.82) is 0 Å². The average Bonchev–Trinajstić information content (AvgIpc) is 2.68. The lowest BCUT2D eigenvalue weighted by atomic mass is 10.3. The monoisotopic (exact) mass is 317 g/mol. The molecule has 2 rings (SSSR count). The molecule has 1 aromatic rings. The Morgan fingerprint density at radius 1 is 1.24 bits per heavy atom. The Morgan fingerprint density at radius 3 is 2.71 bits per heavy atom. The zero-order chi connectivity index (χ0) is 15.5. The molecule has 1 saturated heterocycles. The van der Waals surface area contributed by atoms with Crippen molar-refractivity contribution >= 4 is 15.7 Å². The summed E-state index contributed by atoms with van der Waals surface area (Å²) in [6.45, 7) is 2.50. The first-order valence-electron chi connectivity index (χ1n) is 6.84. The summed E-state index contributed by atoms with van der Waals surface area (Å²) in [5, 5.41) is 8.95. The zero-order valence-electron chi connectivity index (χ0n) is 11.7. The van der Waals surface area contributed by atoms with Crippen molar-refractivity contribution in [3.63, 3.8) is 0 Å². The van der Waals surface area contributed by atoms with Crippen molar-refractivity contribution < 1.29 is 17.9 Å². The van der Waals surface area contributed by atoms with Crippen LogP contribution in [0.5, 0.6) is 0 Å². The van der Waals surface area contributed by atoms with Crippen molar-refractivity contribution in [2.75, 3.05) is 45.1 Å². The van der Waals surface area contributed by atoms with Crippen LogP contribution in [0, 0.1) is 5.82 Å². The second-order valence-corrected chi connectivity index (χ2v) is 6.88. The highest BCUT2D eigenvalue weighted by molar-refractivity contribution is 7.89. The third-order valence-electron chi connectivity index (χ3n) is 3.59. The van der Waals surface area contributed by atoms with Gasteiger partial charge in [-0.3, -0.25) is 4.90 Å². The highest BCUT2D eigenvalue weighted by Crippen LogP contribution is 2.25. The Kier molecular flexibility index (Phi) is 5.15. The van der Waals surface area contributed by atoms with E-state index in [1.165, 1.54) is 16.4 Å². The molecule has 0 saturated carbocycles. The molecule has 6 nitrogen and oxygen atoms in total. The number of sulfonamides is 1. The van der Waals surface area contributed by atoms with Gasteiger partial charge in [-0.15, -0.1) is 0 Å². The molecule has 0 atom stereocenters. The summed E-state index contributed by atoms with van der Waals surface area (Å²) in [7, 11) is -3.80. The van der Waals surface area contributed by atoms with E-state index in [0.717, 1.165) is 12.6 Å². The SMILES string of the molecule is Nc1c(F)cccc1S(=O)(=O)N1CCCN(CCO)CC1. The summed E-state index contributed by atoms with van der Waals surface area (Å²) >= 11 is 0. The van der Waals surface area contributed by atoms with E-state index in [-0.39, 0.29) is 17.2 Å². The van der Waals surface area contributed by atoms with Gasteiger partial charge >= 0.3 is 0 Å². The molecule has 0 radical (unpaired) electrons. The minimum atomic E-state index is -3.80. The maximum absolute atomic E-state index is 13.5. The number of benzene rings is 1. The maximum Gasteiger partial charge on any atom is 0.245 e. The highest BCUT2D eigenvalue weighted by atomic mass is 32.2. The van der Waals surface area contributed by atoms with Gasteiger partial charge in [0.1, 0.15) is 10.7 Å². The number of rotatable bonds is 4. The Balaban J connectivity index is 2.22. The van der Waals surface area contributed by atoms with Gasteiger partial charge in [0.15, 0.2) is 0 Å². The minimum absolute atomic E-state index is 0.0452. The number of nitrogens with zero attached hydrogens (tertiary/aromatic N) is 2. The average molecular weight is 317 g/mol. The molecule has 8 heteroatoms. The summed E-state index contributed by atoms with van der Waals surface area (Å²) < 4.78 is 40.0. The number of aliphatic hydroxyl groups excluding tert-OH is 1. The lowest BCUT2D eigenvalue weighted by Gasteiger charge is -2.22. The van der Waals surface area contributed by atoms with Crippen LogP contribution in [-0.4, -0.2) is 62.1 Å². The third-order valence-corrected chi connectivity index (χ3v) is 5.55. The Bertz CT molecular complexity index is 594. The number of anilines is 1. The van der Waals surface area contributed by atoms with Crippen molar-refractivity contribution in [3.8, 4) is 0 Å². The van der Waals surface area contributed by atoms with Crippen LogP contribution in [0.1, 0.15) is 6.42 Å². The van der Waals surface area contributed by atoms with Crippen molar-refractivity contribution in [2.24, 2.45) is 0 Å². The molecule has 1 fully saturated rings. The predicted molar refractivity (Wildman–Crippen MR) is 77.7 cm³/mol.